The van der Waals surface area contributed by atoms with Crippen LogP contribution in [0.1, 0.15) is 31.4 Å². The van der Waals surface area contributed by atoms with E-state index in [0.717, 1.165) is 18.4 Å². The number of hydrogen-bond acceptors (Lipinski definition) is 2. The molecule has 1 aromatic carbocycles. The van der Waals surface area contributed by atoms with Crippen molar-refractivity contribution in [1.29, 1.82) is 0 Å². The van der Waals surface area contributed by atoms with E-state index in [-0.39, 0.29) is 23.9 Å². The van der Waals surface area contributed by atoms with E-state index >= 15 is 0 Å². The fraction of sp³-hybridized carbons (Fsp3) is 0.409. The van der Waals surface area contributed by atoms with Gasteiger partial charge in [-0.2, -0.15) is 0 Å². The van der Waals surface area contributed by atoms with Gasteiger partial charge in [0.1, 0.15) is 0 Å². The van der Waals surface area contributed by atoms with Gasteiger partial charge in [0.15, 0.2) is 0 Å². The Labute approximate surface area is 154 Å². The molecule has 1 aliphatic carbocycles. The summed E-state index contributed by atoms with van der Waals surface area (Å²) in [7, 11) is 0. The van der Waals surface area contributed by atoms with Crippen molar-refractivity contribution in [3.63, 3.8) is 0 Å². The second-order valence-electron chi connectivity index (χ2n) is 7.44. The molecule has 4 nitrogen and oxygen atoms in total. The lowest BCUT2D eigenvalue weighted by molar-refractivity contribution is -0.125. The highest BCUT2D eigenvalue weighted by atomic mass is 16.2. The number of fused-ring (bicyclic) bond motifs is 2. The van der Waals surface area contributed by atoms with E-state index in [2.05, 4.69) is 58.5 Å². The van der Waals surface area contributed by atoms with Crippen molar-refractivity contribution in [3.8, 4) is 12.3 Å². The van der Waals surface area contributed by atoms with Gasteiger partial charge in [-0.1, -0.05) is 31.1 Å². The summed E-state index contributed by atoms with van der Waals surface area (Å²) < 4.78 is 0. The molecule has 1 aromatic heterocycles. The van der Waals surface area contributed by atoms with Crippen LogP contribution in [0.25, 0.3) is 16.5 Å². The largest absolute Gasteiger partial charge is 0.361 e. The highest BCUT2D eigenvalue weighted by Crippen LogP contribution is 2.41. The summed E-state index contributed by atoms with van der Waals surface area (Å²) in [5.74, 6) is 2.71. The number of terminal acetylenes is 1. The second-order valence-corrected chi connectivity index (χ2v) is 7.44. The van der Waals surface area contributed by atoms with Gasteiger partial charge in [0.2, 0.25) is 5.91 Å². The minimum absolute atomic E-state index is 0.0966. The van der Waals surface area contributed by atoms with E-state index in [9.17, 15) is 4.79 Å². The Balaban J connectivity index is 1.77. The summed E-state index contributed by atoms with van der Waals surface area (Å²) in [5.41, 5.74) is 4.97. The first kappa shape index (κ1) is 16.9. The standard InChI is InChI=1S/C22H25N3O/c1-4-9-25-13-16(22(26)24-14(3)5-2)10-18-17-7-6-8-19-21(17)15(12-23-19)11-20(18)25/h1,6-8,10,12,14,16,20,23H,5,9,11,13H2,2-3H3,(H,24,26)/t14?,16-,20-/m1/s1. The molecule has 0 saturated heterocycles. The van der Waals surface area contributed by atoms with Crippen LogP contribution in [0.3, 0.4) is 0 Å². The predicted octanol–water partition coefficient (Wildman–Crippen LogP) is 2.96. The van der Waals surface area contributed by atoms with Crippen molar-refractivity contribution in [2.75, 3.05) is 13.1 Å². The summed E-state index contributed by atoms with van der Waals surface area (Å²) in [4.78, 5) is 18.5. The third-order valence-corrected chi connectivity index (χ3v) is 5.76. The van der Waals surface area contributed by atoms with Crippen LogP contribution in [0, 0.1) is 18.3 Å². The normalized spacial score (nSPS) is 23.0. The van der Waals surface area contributed by atoms with Gasteiger partial charge in [0, 0.05) is 35.7 Å². The number of nitrogens with one attached hydrogen (secondary N) is 2. The summed E-state index contributed by atoms with van der Waals surface area (Å²) in [6.07, 6.45) is 11.8. The van der Waals surface area contributed by atoms with Gasteiger partial charge >= 0.3 is 0 Å². The molecular weight excluding hydrogens is 322 g/mol. The average molecular weight is 347 g/mol. The van der Waals surface area contributed by atoms with E-state index in [0.29, 0.717) is 13.1 Å². The Morgan fingerprint density at radius 1 is 1.50 bits per heavy atom. The SMILES string of the molecule is C#CCN1C[C@H](C(=O)NC(C)CC)C=C2c3cccc4[nH]cc(c34)C[C@H]21. The fourth-order valence-electron chi connectivity index (χ4n) is 4.23. The van der Waals surface area contributed by atoms with E-state index in [4.69, 9.17) is 6.42 Å². The molecule has 0 saturated carbocycles. The maximum atomic E-state index is 12.8. The van der Waals surface area contributed by atoms with Gasteiger partial charge in [-0.3, -0.25) is 9.69 Å². The molecule has 1 unspecified atom stereocenters. The molecule has 4 heteroatoms. The fourth-order valence-corrected chi connectivity index (χ4v) is 4.23. The van der Waals surface area contributed by atoms with Gasteiger partial charge in [0.05, 0.1) is 12.5 Å². The van der Waals surface area contributed by atoms with Crippen LogP contribution < -0.4 is 5.32 Å². The third kappa shape index (κ3) is 2.73. The predicted molar refractivity (Wildman–Crippen MR) is 106 cm³/mol. The molecule has 2 N–H and O–H groups in total. The summed E-state index contributed by atoms with van der Waals surface area (Å²) in [6, 6.07) is 6.78. The zero-order chi connectivity index (χ0) is 18.3. The second kappa shape index (κ2) is 6.66. The minimum atomic E-state index is -0.167. The lowest BCUT2D eigenvalue weighted by Crippen LogP contribution is -2.49. The minimum Gasteiger partial charge on any atom is -0.361 e. The van der Waals surface area contributed by atoms with Crippen molar-refractivity contribution in [2.24, 2.45) is 5.92 Å². The Bertz CT molecular complexity index is 917. The number of nitrogens with zero attached hydrogens (tertiary/aromatic N) is 1. The summed E-state index contributed by atoms with van der Waals surface area (Å²) in [5, 5.41) is 4.42. The van der Waals surface area contributed by atoms with Crippen molar-refractivity contribution in [2.45, 2.75) is 38.8 Å². The van der Waals surface area contributed by atoms with E-state index in [1.54, 1.807) is 0 Å². The number of carbonyl (C=O) groups excluding carboxylic acids is 1. The maximum Gasteiger partial charge on any atom is 0.228 e. The van der Waals surface area contributed by atoms with Crippen LogP contribution in [0.15, 0.2) is 30.5 Å². The molecule has 2 aliphatic rings. The molecule has 1 amide bonds. The molecule has 0 fully saturated rings. The molecular formula is C22H25N3O. The first-order valence-corrected chi connectivity index (χ1v) is 9.41. The Kier molecular flexibility index (Phi) is 4.34. The topological polar surface area (TPSA) is 48.1 Å². The lowest BCUT2D eigenvalue weighted by atomic mass is 9.79. The number of benzene rings is 1. The van der Waals surface area contributed by atoms with Gasteiger partial charge in [-0.05, 0) is 42.5 Å². The van der Waals surface area contributed by atoms with Crippen molar-refractivity contribution < 1.29 is 4.79 Å². The lowest BCUT2D eigenvalue weighted by Gasteiger charge is -2.40. The van der Waals surface area contributed by atoms with Gasteiger partial charge < -0.3 is 10.3 Å². The summed E-state index contributed by atoms with van der Waals surface area (Å²) in [6.45, 7) is 5.37. The molecule has 3 atom stereocenters. The molecule has 1 aliphatic heterocycles. The first-order chi connectivity index (χ1) is 12.6. The van der Waals surface area contributed by atoms with Gasteiger partial charge in [0.25, 0.3) is 0 Å². The van der Waals surface area contributed by atoms with E-state index in [1.807, 2.05) is 6.92 Å². The number of aromatic amines is 1. The Morgan fingerprint density at radius 2 is 2.35 bits per heavy atom. The zero-order valence-electron chi connectivity index (χ0n) is 15.4. The van der Waals surface area contributed by atoms with E-state index in [1.165, 1.54) is 22.1 Å². The highest BCUT2D eigenvalue weighted by Gasteiger charge is 2.37. The molecule has 2 heterocycles. The molecule has 134 valence electrons. The number of rotatable bonds is 4. The van der Waals surface area contributed by atoms with Gasteiger partial charge in [-0.25, -0.2) is 0 Å². The maximum absolute atomic E-state index is 12.8. The van der Waals surface area contributed by atoms with Crippen molar-refractivity contribution in [3.05, 3.63) is 41.6 Å². The number of aromatic nitrogens is 1. The van der Waals surface area contributed by atoms with Crippen LogP contribution >= 0.6 is 0 Å². The molecule has 0 spiro atoms. The zero-order valence-corrected chi connectivity index (χ0v) is 15.4. The first-order valence-electron chi connectivity index (χ1n) is 9.41. The number of amides is 1. The van der Waals surface area contributed by atoms with Crippen LogP contribution in [-0.4, -0.2) is 41.0 Å². The molecule has 4 rings (SSSR count). The number of carbonyl (C=O) groups is 1. The highest BCUT2D eigenvalue weighted by molar-refractivity contribution is 5.99. The molecule has 0 radical (unpaired) electrons. The van der Waals surface area contributed by atoms with Crippen LogP contribution in [0.2, 0.25) is 0 Å². The van der Waals surface area contributed by atoms with Crippen LogP contribution in [-0.2, 0) is 11.2 Å². The Morgan fingerprint density at radius 3 is 3.12 bits per heavy atom. The van der Waals surface area contributed by atoms with Crippen LogP contribution in [0.5, 0.6) is 0 Å². The number of H-pyrrole nitrogens is 1. The third-order valence-electron chi connectivity index (χ3n) is 5.76. The molecule has 26 heavy (non-hydrogen) atoms. The average Bonchev–Trinajstić information content (AvgIpc) is 3.06. The van der Waals surface area contributed by atoms with Gasteiger partial charge in [-0.15, -0.1) is 6.42 Å². The van der Waals surface area contributed by atoms with Crippen LogP contribution in [0.4, 0.5) is 0 Å². The monoisotopic (exact) mass is 347 g/mol. The van der Waals surface area contributed by atoms with E-state index < -0.39 is 0 Å². The molecule has 0 bridgehead atoms. The van der Waals surface area contributed by atoms with Crippen molar-refractivity contribution >= 4 is 22.4 Å². The molecule has 2 aromatic rings. The summed E-state index contributed by atoms with van der Waals surface area (Å²) >= 11 is 0. The van der Waals surface area contributed by atoms with Crippen molar-refractivity contribution in [1.82, 2.24) is 15.2 Å². The Hall–Kier alpha value is -2.51. The number of hydrogen-bond donors (Lipinski definition) is 2. The quantitative estimate of drug-likeness (QED) is 0.836. The smallest absolute Gasteiger partial charge is 0.228 e.